The Morgan fingerprint density at radius 3 is 2.55 bits per heavy atom. The Hall–Kier alpha value is -3.99. The summed E-state index contributed by atoms with van der Waals surface area (Å²) >= 11 is 1.27. The van der Waals surface area contributed by atoms with Gasteiger partial charge in [-0.05, 0) is 48.9 Å². The van der Waals surface area contributed by atoms with Gasteiger partial charge in [0, 0.05) is 29.9 Å². The first kappa shape index (κ1) is 25.7. The normalized spacial score (nSPS) is 11.7. The van der Waals surface area contributed by atoms with E-state index in [0.29, 0.717) is 40.1 Å². The number of nitrogens with zero attached hydrogens (tertiary/aromatic N) is 2. The highest BCUT2D eigenvalue weighted by Gasteiger charge is 2.22. The van der Waals surface area contributed by atoms with Crippen LogP contribution in [0.15, 0.2) is 93.6 Å². The summed E-state index contributed by atoms with van der Waals surface area (Å²) in [5.74, 6) is 0.838. The Morgan fingerprint density at radius 2 is 1.82 bits per heavy atom. The molecule has 1 amide bonds. The summed E-state index contributed by atoms with van der Waals surface area (Å²) < 4.78 is 38.8. The third kappa shape index (κ3) is 5.33. The van der Waals surface area contributed by atoms with E-state index >= 15 is 0 Å². The summed E-state index contributed by atoms with van der Waals surface area (Å²) in [5.41, 5.74) is 2.44. The lowest BCUT2D eigenvalue weighted by Gasteiger charge is -2.17. The van der Waals surface area contributed by atoms with Gasteiger partial charge in [0.2, 0.25) is 10.0 Å². The molecule has 3 aromatic carbocycles. The fraction of sp³-hybridized carbons (Fsp3) is 0.143. The van der Waals surface area contributed by atoms with Gasteiger partial charge < -0.3 is 9.15 Å². The third-order valence-electron chi connectivity index (χ3n) is 5.86. The topological polar surface area (TPSA) is 102 Å². The van der Waals surface area contributed by atoms with E-state index in [0.717, 1.165) is 10.9 Å². The van der Waals surface area contributed by atoms with Gasteiger partial charge in [0.15, 0.2) is 22.2 Å². The number of furan rings is 1. The predicted octanol–water partition coefficient (Wildman–Crippen LogP) is 6.03. The molecule has 2 aromatic heterocycles. The average molecular weight is 548 g/mol. The number of anilines is 1. The molecule has 0 aliphatic rings. The minimum Gasteiger partial charge on any atom is -0.490 e. The van der Waals surface area contributed by atoms with Crippen LogP contribution < -0.4 is 10.1 Å². The monoisotopic (exact) mass is 547 g/mol. The van der Waals surface area contributed by atoms with Crippen LogP contribution in [0.1, 0.15) is 22.8 Å². The third-order valence-corrected chi connectivity index (χ3v) is 8.43. The lowest BCUT2D eigenvalue weighted by Crippen LogP contribution is -2.26. The van der Waals surface area contributed by atoms with E-state index in [4.69, 9.17) is 9.15 Å². The molecule has 8 nitrogen and oxygen atoms in total. The number of carbonyl (C=O) groups excluding carboxylic acids is 1. The van der Waals surface area contributed by atoms with E-state index in [1.165, 1.54) is 47.0 Å². The van der Waals surface area contributed by atoms with Gasteiger partial charge in [-0.25, -0.2) is 13.4 Å². The number of hydrogen-bond donors (Lipinski definition) is 1. The highest BCUT2D eigenvalue weighted by atomic mass is 32.2. The van der Waals surface area contributed by atoms with Gasteiger partial charge in [-0.1, -0.05) is 42.5 Å². The zero-order valence-corrected chi connectivity index (χ0v) is 22.4. The molecule has 0 saturated heterocycles. The largest absolute Gasteiger partial charge is 0.490 e. The van der Waals surface area contributed by atoms with Crippen molar-refractivity contribution >= 4 is 43.4 Å². The van der Waals surface area contributed by atoms with Gasteiger partial charge in [-0.15, -0.1) is 11.3 Å². The summed E-state index contributed by atoms with van der Waals surface area (Å²) in [7, 11) is -2.18. The number of aromatic nitrogens is 1. The Labute approximate surface area is 224 Å². The first-order chi connectivity index (χ1) is 18.3. The predicted molar refractivity (Wildman–Crippen MR) is 148 cm³/mol. The number of fused-ring (bicyclic) bond motifs is 1. The summed E-state index contributed by atoms with van der Waals surface area (Å²) in [6, 6.07) is 22.8. The molecule has 0 bridgehead atoms. The van der Waals surface area contributed by atoms with Gasteiger partial charge in [0.1, 0.15) is 5.69 Å². The summed E-state index contributed by atoms with van der Waals surface area (Å²) in [6.07, 6.45) is 0. The Kier molecular flexibility index (Phi) is 7.28. The van der Waals surface area contributed by atoms with E-state index in [1.54, 1.807) is 5.38 Å². The lowest BCUT2D eigenvalue weighted by atomic mass is 10.2. The summed E-state index contributed by atoms with van der Waals surface area (Å²) in [4.78, 5) is 17.4. The van der Waals surface area contributed by atoms with E-state index in [2.05, 4.69) is 10.3 Å². The molecule has 5 aromatic rings. The van der Waals surface area contributed by atoms with Crippen LogP contribution in [0.2, 0.25) is 0 Å². The molecule has 5 rings (SSSR count). The minimum atomic E-state index is -3.71. The van der Waals surface area contributed by atoms with Crippen LogP contribution in [0.25, 0.3) is 22.4 Å². The molecule has 0 aliphatic carbocycles. The van der Waals surface area contributed by atoms with E-state index in [9.17, 15) is 13.2 Å². The molecule has 0 spiro atoms. The molecule has 1 N–H and O–H groups in total. The van der Waals surface area contributed by atoms with Crippen LogP contribution in [-0.2, 0) is 16.6 Å². The van der Waals surface area contributed by atoms with E-state index in [1.807, 2.05) is 61.5 Å². The minimum absolute atomic E-state index is 0.111. The smallest absolute Gasteiger partial charge is 0.257 e. The number of benzene rings is 3. The molecule has 10 heteroatoms. The van der Waals surface area contributed by atoms with Crippen LogP contribution in [0, 0.1) is 0 Å². The Balaban J connectivity index is 1.27. The van der Waals surface area contributed by atoms with Crippen molar-refractivity contribution in [3.8, 4) is 17.2 Å². The highest BCUT2D eigenvalue weighted by molar-refractivity contribution is 7.89. The second-order valence-electron chi connectivity index (χ2n) is 8.48. The molecule has 0 saturated carbocycles. The maximum absolute atomic E-state index is 13.0. The number of hydrogen-bond acceptors (Lipinski definition) is 7. The fourth-order valence-corrected chi connectivity index (χ4v) is 5.78. The number of nitrogens with one attached hydrogen (secondary N) is 1. The maximum Gasteiger partial charge on any atom is 0.257 e. The number of ether oxygens (including phenoxy) is 1. The lowest BCUT2D eigenvalue weighted by molar-refractivity contribution is 0.102. The van der Waals surface area contributed by atoms with Crippen LogP contribution in [0.5, 0.6) is 5.75 Å². The summed E-state index contributed by atoms with van der Waals surface area (Å²) in [5, 5.41) is 5.86. The van der Waals surface area contributed by atoms with Crippen molar-refractivity contribution in [3.63, 3.8) is 0 Å². The fourth-order valence-electron chi connectivity index (χ4n) is 3.93. The van der Waals surface area contributed by atoms with E-state index in [-0.39, 0.29) is 11.4 Å². The van der Waals surface area contributed by atoms with Crippen molar-refractivity contribution in [3.05, 3.63) is 95.4 Å². The van der Waals surface area contributed by atoms with E-state index < -0.39 is 15.9 Å². The highest BCUT2D eigenvalue weighted by Crippen LogP contribution is 2.34. The van der Waals surface area contributed by atoms with Crippen molar-refractivity contribution in [1.82, 2.24) is 9.29 Å². The van der Waals surface area contributed by atoms with Crippen molar-refractivity contribution in [2.75, 3.05) is 19.0 Å². The van der Waals surface area contributed by atoms with Crippen molar-refractivity contribution < 1.29 is 22.4 Å². The molecule has 0 aliphatic heterocycles. The molecule has 0 radical (unpaired) electrons. The first-order valence-corrected chi connectivity index (χ1v) is 14.2. The first-order valence-electron chi connectivity index (χ1n) is 11.9. The zero-order valence-electron chi connectivity index (χ0n) is 20.7. The van der Waals surface area contributed by atoms with Gasteiger partial charge in [-0.3, -0.25) is 10.1 Å². The second-order valence-corrected chi connectivity index (χ2v) is 11.4. The van der Waals surface area contributed by atoms with Crippen molar-refractivity contribution in [1.29, 1.82) is 0 Å². The molecule has 0 unspecified atom stereocenters. The number of rotatable bonds is 9. The number of carbonyl (C=O) groups is 1. The van der Waals surface area contributed by atoms with Gasteiger partial charge in [-0.2, -0.15) is 4.31 Å². The molecule has 38 heavy (non-hydrogen) atoms. The number of para-hydroxylation sites is 1. The Morgan fingerprint density at radius 1 is 1.05 bits per heavy atom. The van der Waals surface area contributed by atoms with Gasteiger partial charge in [0.05, 0.1) is 11.5 Å². The second kappa shape index (κ2) is 10.8. The molecule has 194 valence electrons. The zero-order chi connectivity index (χ0) is 26.7. The maximum atomic E-state index is 13.0. The summed E-state index contributed by atoms with van der Waals surface area (Å²) in [6.45, 7) is 2.68. The average Bonchev–Trinajstić information content (AvgIpc) is 3.57. The standard InChI is InChI=1S/C28H25N3O5S2/c1-3-35-24-11-7-10-21-16-25(36-26(21)24)23-18-37-28(29-23)30-27(32)20-12-14-22(15-13-20)38(33,34)31(2)17-19-8-5-4-6-9-19/h4-16,18H,3,17H2,1-2H3,(H,29,30,32). The van der Waals surface area contributed by atoms with Gasteiger partial charge in [0.25, 0.3) is 5.91 Å². The van der Waals surface area contributed by atoms with Crippen LogP contribution in [0.3, 0.4) is 0 Å². The molecular formula is C28H25N3O5S2. The molecule has 2 heterocycles. The number of amides is 1. The number of thiazole rings is 1. The van der Waals surface area contributed by atoms with Crippen LogP contribution >= 0.6 is 11.3 Å². The molecular weight excluding hydrogens is 522 g/mol. The Bertz CT molecular complexity index is 1680. The van der Waals surface area contributed by atoms with Crippen molar-refractivity contribution in [2.24, 2.45) is 0 Å². The molecule has 0 fully saturated rings. The van der Waals surface area contributed by atoms with Crippen LogP contribution in [-0.4, -0.2) is 37.3 Å². The quantitative estimate of drug-likeness (QED) is 0.242. The SMILES string of the molecule is CCOc1cccc2cc(-c3csc(NC(=O)c4ccc(S(=O)(=O)N(C)Cc5ccccc5)cc4)n3)oc12. The van der Waals surface area contributed by atoms with Gasteiger partial charge >= 0.3 is 0 Å². The molecule has 0 atom stereocenters. The number of sulfonamides is 1. The van der Waals surface area contributed by atoms with Crippen molar-refractivity contribution in [2.45, 2.75) is 18.4 Å². The van der Waals surface area contributed by atoms with Crippen LogP contribution in [0.4, 0.5) is 5.13 Å².